The average molecular weight is 523 g/mol. The number of carbonyl (C=O) groups excluding carboxylic acids is 2. The van der Waals surface area contributed by atoms with Gasteiger partial charge in [-0.1, -0.05) is 53.7 Å². The van der Waals surface area contributed by atoms with E-state index in [1.54, 1.807) is 18.9 Å². The van der Waals surface area contributed by atoms with Gasteiger partial charge in [-0.15, -0.1) is 10.2 Å². The normalized spacial score (nSPS) is 14.0. The molecule has 0 atom stereocenters. The summed E-state index contributed by atoms with van der Waals surface area (Å²) in [6.07, 6.45) is 2.52. The minimum absolute atomic E-state index is 0.0939. The quantitative estimate of drug-likeness (QED) is 0.212. The van der Waals surface area contributed by atoms with E-state index in [4.69, 9.17) is 9.47 Å². The van der Waals surface area contributed by atoms with Gasteiger partial charge < -0.3 is 14.4 Å². The monoisotopic (exact) mass is 522 g/mol. The van der Waals surface area contributed by atoms with E-state index >= 15 is 0 Å². The molecule has 0 saturated carbocycles. The number of para-hydroxylation sites is 2. The van der Waals surface area contributed by atoms with Crippen LogP contribution in [0.15, 0.2) is 53.7 Å². The lowest BCUT2D eigenvalue weighted by molar-refractivity contribution is -0.151. The lowest BCUT2D eigenvalue weighted by Crippen LogP contribution is -2.40. The third-order valence-corrected chi connectivity index (χ3v) is 7.52. The first-order valence-corrected chi connectivity index (χ1v) is 13.7. The molecule has 3 aromatic rings. The van der Waals surface area contributed by atoms with Crippen molar-refractivity contribution in [3.63, 3.8) is 0 Å². The Labute approximate surface area is 222 Å². The molecule has 0 bridgehead atoms. The molecule has 0 unspecified atom stereocenters. The molecule has 8 nitrogen and oxygen atoms in total. The smallest absolute Gasteiger partial charge is 0.309 e. The van der Waals surface area contributed by atoms with Crippen molar-refractivity contribution in [3.8, 4) is 22.8 Å². The van der Waals surface area contributed by atoms with Crippen molar-refractivity contribution in [2.24, 2.45) is 5.92 Å². The van der Waals surface area contributed by atoms with Crippen LogP contribution in [0, 0.1) is 12.8 Å². The van der Waals surface area contributed by atoms with Crippen molar-refractivity contribution < 1.29 is 19.1 Å². The van der Waals surface area contributed by atoms with Gasteiger partial charge in [0.15, 0.2) is 11.0 Å². The van der Waals surface area contributed by atoms with E-state index in [-0.39, 0.29) is 17.8 Å². The number of rotatable bonds is 10. The minimum Gasteiger partial charge on any atom is -0.495 e. The fourth-order valence-corrected chi connectivity index (χ4v) is 5.34. The molecule has 1 aliphatic heterocycles. The molecule has 2 aromatic carbocycles. The number of aryl methyl sites for hydroxylation is 1. The molecule has 196 valence electrons. The van der Waals surface area contributed by atoms with Crippen LogP contribution in [0.4, 0.5) is 0 Å². The Balaban J connectivity index is 1.40. The summed E-state index contributed by atoms with van der Waals surface area (Å²) in [5, 5.41) is 9.76. The number of carbonyl (C=O) groups is 2. The molecule has 9 heteroatoms. The first-order chi connectivity index (χ1) is 18.0. The number of aromatic nitrogens is 3. The van der Waals surface area contributed by atoms with Crippen LogP contribution in [0.25, 0.3) is 17.1 Å². The molecule has 37 heavy (non-hydrogen) atoms. The number of nitrogens with zero attached hydrogens (tertiary/aromatic N) is 4. The highest BCUT2D eigenvalue weighted by molar-refractivity contribution is 7.99. The number of piperidine rings is 1. The Hall–Kier alpha value is -3.33. The maximum absolute atomic E-state index is 12.8. The van der Waals surface area contributed by atoms with E-state index in [2.05, 4.69) is 29.3 Å². The van der Waals surface area contributed by atoms with E-state index in [0.717, 1.165) is 40.2 Å². The fraction of sp³-hybridized carbons (Fsp3) is 0.429. The topological polar surface area (TPSA) is 86.5 Å². The number of likely N-dealkylation sites (tertiary alicyclic amines) is 1. The predicted molar refractivity (Wildman–Crippen MR) is 144 cm³/mol. The Bertz CT molecular complexity index is 1200. The number of esters is 1. The summed E-state index contributed by atoms with van der Waals surface area (Å²) in [4.78, 5) is 26.6. The van der Waals surface area contributed by atoms with Gasteiger partial charge in [0.05, 0.1) is 25.3 Å². The third kappa shape index (κ3) is 6.52. The van der Waals surface area contributed by atoms with Crippen molar-refractivity contribution in [2.45, 2.75) is 44.7 Å². The van der Waals surface area contributed by atoms with Crippen LogP contribution in [0.2, 0.25) is 0 Å². The van der Waals surface area contributed by atoms with Crippen molar-refractivity contribution in [1.82, 2.24) is 19.7 Å². The molecular formula is C28H34N4O4S. The van der Waals surface area contributed by atoms with Crippen LogP contribution in [0.3, 0.4) is 0 Å². The SMILES string of the molecule is CCOC(=O)C1CCN(C(=O)CCCSc2nnc(-c3ccc(C)cc3)n2-c2ccccc2OC)CC1. The van der Waals surface area contributed by atoms with Gasteiger partial charge >= 0.3 is 5.97 Å². The van der Waals surface area contributed by atoms with Gasteiger partial charge in [-0.05, 0) is 45.2 Å². The molecule has 4 rings (SSSR count). The zero-order valence-electron chi connectivity index (χ0n) is 21.7. The van der Waals surface area contributed by atoms with Crippen LogP contribution in [0.1, 0.15) is 38.2 Å². The second-order valence-electron chi connectivity index (χ2n) is 9.04. The summed E-state index contributed by atoms with van der Waals surface area (Å²) in [6, 6.07) is 16.0. The maximum Gasteiger partial charge on any atom is 0.309 e. The van der Waals surface area contributed by atoms with Crippen molar-refractivity contribution in [1.29, 1.82) is 0 Å². The average Bonchev–Trinajstić information content (AvgIpc) is 3.35. The standard InChI is InChI=1S/C28H34N4O4S/c1-4-36-27(34)22-15-17-31(18-16-22)25(33)10-7-19-37-28-30-29-26(21-13-11-20(2)12-14-21)32(28)23-8-5-6-9-24(23)35-3/h5-6,8-9,11-14,22H,4,7,10,15-19H2,1-3H3. The highest BCUT2D eigenvalue weighted by atomic mass is 32.2. The molecule has 0 radical (unpaired) electrons. The van der Waals surface area contributed by atoms with Crippen LogP contribution in [0.5, 0.6) is 5.75 Å². The van der Waals surface area contributed by atoms with Gasteiger partial charge in [0.1, 0.15) is 5.75 Å². The van der Waals surface area contributed by atoms with E-state index in [1.807, 2.05) is 52.8 Å². The minimum atomic E-state index is -0.143. The van der Waals surface area contributed by atoms with E-state index in [1.165, 1.54) is 5.56 Å². The Morgan fingerprint density at radius 2 is 1.78 bits per heavy atom. The van der Waals surface area contributed by atoms with Gasteiger partial charge in [-0.3, -0.25) is 14.2 Å². The molecule has 1 aromatic heterocycles. The molecule has 1 saturated heterocycles. The van der Waals surface area contributed by atoms with E-state index < -0.39 is 0 Å². The number of amides is 1. The lowest BCUT2D eigenvalue weighted by atomic mass is 9.97. The summed E-state index contributed by atoms with van der Waals surface area (Å²) in [6.45, 7) is 5.48. The Morgan fingerprint density at radius 1 is 1.05 bits per heavy atom. The van der Waals surface area contributed by atoms with E-state index in [0.29, 0.717) is 39.0 Å². The van der Waals surface area contributed by atoms with Crippen molar-refractivity contribution in [3.05, 3.63) is 54.1 Å². The highest BCUT2D eigenvalue weighted by Gasteiger charge is 2.28. The van der Waals surface area contributed by atoms with Crippen molar-refractivity contribution >= 4 is 23.6 Å². The second-order valence-corrected chi connectivity index (χ2v) is 10.1. The second kappa shape index (κ2) is 12.8. The molecule has 1 amide bonds. The zero-order chi connectivity index (χ0) is 26.2. The van der Waals surface area contributed by atoms with Gasteiger partial charge in [0.25, 0.3) is 0 Å². The number of hydrogen-bond acceptors (Lipinski definition) is 7. The molecule has 1 aliphatic rings. The van der Waals surface area contributed by atoms with Gasteiger partial charge in [-0.2, -0.15) is 0 Å². The lowest BCUT2D eigenvalue weighted by Gasteiger charge is -2.31. The maximum atomic E-state index is 12.8. The van der Waals surface area contributed by atoms with Gasteiger partial charge in [-0.25, -0.2) is 0 Å². The first kappa shape index (κ1) is 26.7. The number of methoxy groups -OCH3 is 1. The van der Waals surface area contributed by atoms with Crippen LogP contribution in [-0.4, -0.2) is 64.1 Å². The number of hydrogen-bond donors (Lipinski definition) is 0. The largest absolute Gasteiger partial charge is 0.495 e. The Kier molecular flexibility index (Phi) is 9.22. The fourth-order valence-electron chi connectivity index (χ4n) is 4.45. The molecular weight excluding hydrogens is 488 g/mol. The number of thioether (sulfide) groups is 1. The Morgan fingerprint density at radius 3 is 2.49 bits per heavy atom. The first-order valence-electron chi connectivity index (χ1n) is 12.7. The highest BCUT2D eigenvalue weighted by Crippen LogP contribution is 2.33. The summed E-state index contributed by atoms with van der Waals surface area (Å²) in [7, 11) is 1.66. The number of ether oxygens (including phenoxy) is 2. The van der Waals surface area contributed by atoms with Crippen molar-refractivity contribution in [2.75, 3.05) is 32.6 Å². The summed E-state index contributed by atoms with van der Waals surface area (Å²) >= 11 is 1.58. The number of benzene rings is 2. The molecule has 1 fully saturated rings. The predicted octanol–water partition coefficient (Wildman–Crippen LogP) is 4.93. The molecule has 0 N–H and O–H groups in total. The van der Waals surface area contributed by atoms with Gasteiger partial charge in [0, 0.05) is 30.8 Å². The summed E-state index contributed by atoms with van der Waals surface area (Å²) in [5.74, 6) is 2.10. The molecule has 0 aliphatic carbocycles. The third-order valence-electron chi connectivity index (χ3n) is 6.50. The van der Waals surface area contributed by atoms with Crippen LogP contribution in [-0.2, 0) is 14.3 Å². The van der Waals surface area contributed by atoms with Crippen LogP contribution < -0.4 is 4.74 Å². The zero-order valence-corrected chi connectivity index (χ0v) is 22.5. The molecule has 0 spiro atoms. The van der Waals surface area contributed by atoms with Crippen LogP contribution >= 0.6 is 11.8 Å². The summed E-state index contributed by atoms with van der Waals surface area (Å²) < 4.78 is 12.8. The molecule has 2 heterocycles. The summed E-state index contributed by atoms with van der Waals surface area (Å²) in [5.41, 5.74) is 3.02. The van der Waals surface area contributed by atoms with Gasteiger partial charge in [0.2, 0.25) is 5.91 Å². The van der Waals surface area contributed by atoms with E-state index in [9.17, 15) is 9.59 Å².